The Morgan fingerprint density at radius 1 is 0.895 bits per heavy atom. The number of nitrogens with two attached hydrogens (primary N) is 1. The summed E-state index contributed by atoms with van der Waals surface area (Å²) >= 11 is 0. The molecule has 0 amide bonds. The Labute approximate surface area is 243 Å². The topological polar surface area (TPSA) is 147 Å². The van der Waals surface area contributed by atoms with E-state index >= 15 is 0 Å². The Hall–Kier alpha value is -2.86. The van der Waals surface area contributed by atoms with Crippen LogP contribution >= 0.6 is 0 Å². The number of unbranched alkanes of at least 4 members (excludes halogenated alkanes) is 3. The van der Waals surface area contributed by atoms with Crippen LogP contribution in [0.2, 0.25) is 0 Å². The van der Waals surface area contributed by atoms with E-state index in [1.54, 1.807) is 42.6 Å². The Morgan fingerprint density at radius 2 is 1.61 bits per heavy atom. The summed E-state index contributed by atoms with van der Waals surface area (Å²) in [5, 5.41) is 17.9. The number of pyridine rings is 1. The molecule has 0 aliphatic carbocycles. The summed E-state index contributed by atoms with van der Waals surface area (Å²) in [5.41, 5.74) is 8.57. The van der Waals surface area contributed by atoms with E-state index < -0.39 is 10.1 Å². The molecule has 0 aliphatic rings. The molecule has 0 aliphatic heterocycles. The van der Waals surface area contributed by atoms with Gasteiger partial charge in [-0.25, -0.2) is 0 Å². The molecule has 1 aromatic heterocycles. The molecule has 38 heavy (non-hydrogen) atoms. The van der Waals surface area contributed by atoms with Crippen molar-refractivity contribution < 1.29 is 22.8 Å². The zero-order valence-corrected chi connectivity index (χ0v) is 23.9. The predicted molar refractivity (Wildman–Crippen MR) is 149 cm³/mol. The van der Waals surface area contributed by atoms with Crippen molar-refractivity contribution in [3.05, 3.63) is 72.9 Å². The van der Waals surface area contributed by atoms with Gasteiger partial charge in [-0.2, -0.15) is 8.42 Å². The number of aromatic nitrogens is 1. The average Bonchev–Trinajstić information content (AvgIpc) is 2.90. The van der Waals surface area contributed by atoms with E-state index in [1.165, 1.54) is 6.07 Å². The van der Waals surface area contributed by atoms with Gasteiger partial charge in [0.25, 0.3) is 10.1 Å². The number of nitrogens with zero attached hydrogens (tertiary/aromatic N) is 3. The number of aliphatic hydroxyl groups is 1. The normalized spacial score (nSPS) is 11.5. The summed E-state index contributed by atoms with van der Waals surface area (Å²) < 4.78 is 39.5. The molecule has 0 saturated carbocycles. The number of rotatable bonds is 11. The Kier molecular flexibility index (Phi) is 10.8. The standard InChI is InChI=1S/C27H28N4O5S.Na/c28-27-21-10-4-3-9-20(21)26(37(33,34)35)17-24(27)31-30-19-13-14-23(29-18-19)22-11-5-6-12-25(22)36-16-8-2-1-7-15-32;/h3-6,9-14,17-18,32H,1-2,7-8,15-16,28H2,(H,33,34,35);. The van der Waals surface area contributed by atoms with Crippen LogP contribution in [-0.4, -0.2) is 65.8 Å². The molecular formula is C27H28N4NaO5S. The zero-order chi connectivity index (χ0) is 26.3. The number of benzene rings is 3. The first-order valence-corrected chi connectivity index (χ1v) is 13.3. The number of nitrogen functional groups attached to an aromatic ring is 1. The van der Waals surface area contributed by atoms with Crippen molar-refractivity contribution in [3.8, 4) is 17.0 Å². The molecule has 9 nitrogen and oxygen atoms in total. The van der Waals surface area contributed by atoms with E-state index in [2.05, 4.69) is 15.2 Å². The molecule has 0 unspecified atom stereocenters. The van der Waals surface area contributed by atoms with Crippen LogP contribution in [0, 0.1) is 0 Å². The van der Waals surface area contributed by atoms with Gasteiger partial charge in [-0.3, -0.25) is 9.54 Å². The first kappa shape index (κ1) is 29.7. The molecule has 11 heteroatoms. The summed E-state index contributed by atoms with van der Waals surface area (Å²) in [4.78, 5) is 4.20. The van der Waals surface area contributed by atoms with Crippen LogP contribution in [0.3, 0.4) is 0 Å². The van der Waals surface area contributed by atoms with Crippen LogP contribution in [0.1, 0.15) is 25.7 Å². The quantitative estimate of drug-likeness (QED) is 0.0723. The van der Waals surface area contributed by atoms with E-state index in [9.17, 15) is 13.0 Å². The minimum atomic E-state index is -4.50. The molecule has 4 aromatic rings. The second kappa shape index (κ2) is 13.8. The van der Waals surface area contributed by atoms with Gasteiger partial charge in [0.1, 0.15) is 22.0 Å². The van der Waals surface area contributed by atoms with Gasteiger partial charge in [-0.15, -0.1) is 10.2 Å². The number of anilines is 1. The van der Waals surface area contributed by atoms with Gasteiger partial charge in [0.15, 0.2) is 0 Å². The molecule has 1 heterocycles. The van der Waals surface area contributed by atoms with Gasteiger partial charge in [-0.1, -0.05) is 42.8 Å². The maximum atomic E-state index is 11.9. The zero-order valence-electron chi connectivity index (χ0n) is 21.1. The van der Waals surface area contributed by atoms with Crippen molar-refractivity contribution in [2.24, 2.45) is 10.2 Å². The minimum absolute atomic E-state index is 0. The van der Waals surface area contributed by atoms with Crippen LogP contribution < -0.4 is 10.5 Å². The first-order valence-electron chi connectivity index (χ1n) is 11.9. The fraction of sp³-hybridized carbons (Fsp3) is 0.222. The number of fused-ring (bicyclic) bond motifs is 1. The van der Waals surface area contributed by atoms with E-state index in [-0.39, 0.29) is 52.4 Å². The largest absolute Gasteiger partial charge is 0.493 e. The molecule has 0 atom stereocenters. The Balaban J connectivity index is 0.00000400. The number of azo groups is 1. The summed E-state index contributed by atoms with van der Waals surface area (Å²) in [6.07, 6.45) is 5.22. The van der Waals surface area contributed by atoms with Gasteiger partial charge in [0, 0.05) is 52.5 Å². The third-order valence-corrected chi connectivity index (χ3v) is 6.69. The van der Waals surface area contributed by atoms with Crippen molar-refractivity contribution in [2.45, 2.75) is 30.6 Å². The monoisotopic (exact) mass is 543 g/mol. The van der Waals surface area contributed by atoms with Crippen molar-refractivity contribution >= 4 is 67.5 Å². The van der Waals surface area contributed by atoms with Crippen molar-refractivity contribution in [1.29, 1.82) is 0 Å². The number of hydrogen-bond donors (Lipinski definition) is 3. The summed E-state index contributed by atoms with van der Waals surface area (Å²) in [7, 11) is -4.50. The molecule has 1 radical (unpaired) electrons. The Bertz CT molecular complexity index is 1510. The predicted octanol–water partition coefficient (Wildman–Crippen LogP) is 5.70. The van der Waals surface area contributed by atoms with Gasteiger partial charge in [0.05, 0.1) is 24.2 Å². The fourth-order valence-corrected chi connectivity index (χ4v) is 4.63. The molecule has 193 valence electrons. The SMILES string of the molecule is Nc1c(N=Nc2ccc(-c3ccccc3OCCCCCCO)nc2)cc(S(=O)(=O)O)c2ccccc12.[Na]. The molecular weight excluding hydrogens is 515 g/mol. The van der Waals surface area contributed by atoms with Crippen LogP contribution in [0.5, 0.6) is 5.75 Å². The van der Waals surface area contributed by atoms with Crippen LogP contribution in [0.15, 0.2) is 88.1 Å². The molecule has 0 spiro atoms. The molecule has 4 N–H and O–H groups in total. The van der Waals surface area contributed by atoms with Crippen LogP contribution in [0.4, 0.5) is 17.1 Å². The summed E-state index contributed by atoms with van der Waals surface area (Å²) in [6.45, 7) is 0.791. The maximum Gasteiger partial charge on any atom is 0.295 e. The van der Waals surface area contributed by atoms with Crippen LogP contribution in [0.25, 0.3) is 22.0 Å². The average molecular weight is 544 g/mol. The van der Waals surface area contributed by atoms with Crippen molar-refractivity contribution in [2.75, 3.05) is 18.9 Å². The fourth-order valence-electron chi connectivity index (χ4n) is 3.92. The number of hydrogen-bond acceptors (Lipinski definition) is 8. The van der Waals surface area contributed by atoms with E-state index in [0.717, 1.165) is 37.0 Å². The van der Waals surface area contributed by atoms with Gasteiger partial charge in [-0.05, 0) is 49.6 Å². The third kappa shape index (κ3) is 7.37. The molecule has 0 saturated heterocycles. The Morgan fingerprint density at radius 3 is 2.32 bits per heavy atom. The minimum Gasteiger partial charge on any atom is -0.493 e. The first-order chi connectivity index (χ1) is 17.9. The summed E-state index contributed by atoms with van der Waals surface area (Å²) in [5.74, 6) is 0.730. The number of ether oxygens (including phenoxy) is 1. The molecule has 0 fully saturated rings. The van der Waals surface area contributed by atoms with Gasteiger partial charge in [0.2, 0.25) is 0 Å². The van der Waals surface area contributed by atoms with Gasteiger partial charge < -0.3 is 15.6 Å². The molecule has 0 bridgehead atoms. The molecule has 4 rings (SSSR count). The second-order valence-electron chi connectivity index (χ2n) is 8.41. The third-order valence-electron chi connectivity index (χ3n) is 5.80. The van der Waals surface area contributed by atoms with Crippen molar-refractivity contribution in [3.63, 3.8) is 0 Å². The van der Waals surface area contributed by atoms with Crippen molar-refractivity contribution in [1.82, 2.24) is 4.98 Å². The van der Waals surface area contributed by atoms with Gasteiger partial charge >= 0.3 is 0 Å². The number of para-hydroxylation sites is 1. The second-order valence-corrected chi connectivity index (χ2v) is 9.80. The van der Waals surface area contributed by atoms with E-state index in [1.807, 2.05) is 24.3 Å². The number of aliphatic hydroxyl groups excluding tert-OH is 1. The maximum absolute atomic E-state index is 11.9. The van der Waals surface area contributed by atoms with Crippen LogP contribution in [-0.2, 0) is 10.1 Å². The van der Waals surface area contributed by atoms with E-state index in [0.29, 0.717) is 28.8 Å². The molecule has 3 aromatic carbocycles. The van der Waals surface area contributed by atoms with E-state index in [4.69, 9.17) is 15.6 Å². The summed E-state index contributed by atoms with van der Waals surface area (Å²) in [6, 6.07) is 19.0. The smallest absolute Gasteiger partial charge is 0.295 e.